The number of carbonyl (C=O) groups excluding carboxylic acids is 2. The molecule has 0 heterocycles. The molecule has 0 radical (unpaired) electrons. The number of hydrogen-bond donors (Lipinski definition) is 2. The molecule has 3 rings (SSSR count). The first-order valence-electron chi connectivity index (χ1n) is 9.73. The summed E-state index contributed by atoms with van der Waals surface area (Å²) in [4.78, 5) is 23.3. The van der Waals surface area contributed by atoms with Gasteiger partial charge in [-0.15, -0.1) is 0 Å². The summed E-state index contributed by atoms with van der Waals surface area (Å²) in [6, 6.07) is 14.7. The molecule has 0 saturated carbocycles. The van der Waals surface area contributed by atoms with Gasteiger partial charge in [0.25, 0.3) is 15.9 Å². The normalized spacial score (nSPS) is 11.0. The van der Waals surface area contributed by atoms with Gasteiger partial charge in [0.2, 0.25) is 0 Å². The van der Waals surface area contributed by atoms with Crippen LogP contribution in [0.2, 0.25) is 0 Å². The topological polar surface area (TPSA) is 102 Å². The lowest BCUT2D eigenvalue weighted by molar-refractivity contribution is 0.0600. The molecule has 0 aromatic heterocycles. The van der Waals surface area contributed by atoms with Crippen molar-refractivity contribution < 1.29 is 31.5 Å². The largest absolute Gasteiger partial charge is 0.465 e. The Labute approximate surface area is 189 Å². The van der Waals surface area contributed by atoms with Crippen molar-refractivity contribution >= 4 is 27.6 Å². The highest BCUT2D eigenvalue weighted by atomic mass is 32.2. The number of benzene rings is 3. The molecule has 0 atom stereocenters. The summed E-state index contributed by atoms with van der Waals surface area (Å²) in [5.74, 6) is -3.20. The number of carbonyl (C=O) groups is 2. The van der Waals surface area contributed by atoms with E-state index in [4.69, 9.17) is 0 Å². The molecule has 0 saturated heterocycles. The molecule has 3 aromatic rings. The second kappa shape index (κ2) is 10.2. The maximum Gasteiger partial charge on any atom is 0.337 e. The molecule has 0 unspecified atom stereocenters. The van der Waals surface area contributed by atoms with Gasteiger partial charge in [-0.25, -0.2) is 22.0 Å². The van der Waals surface area contributed by atoms with Gasteiger partial charge in [0.1, 0.15) is 0 Å². The van der Waals surface area contributed by atoms with Crippen LogP contribution in [0.15, 0.2) is 71.6 Å². The van der Waals surface area contributed by atoms with Crippen LogP contribution in [0, 0.1) is 11.6 Å². The summed E-state index contributed by atoms with van der Waals surface area (Å²) in [5.41, 5.74) is 1.82. The van der Waals surface area contributed by atoms with Gasteiger partial charge in [-0.1, -0.05) is 12.1 Å². The summed E-state index contributed by atoms with van der Waals surface area (Å²) < 4.78 is 57.9. The van der Waals surface area contributed by atoms with E-state index in [0.29, 0.717) is 30.2 Å². The van der Waals surface area contributed by atoms with Gasteiger partial charge in [-0.05, 0) is 66.6 Å². The smallest absolute Gasteiger partial charge is 0.337 e. The van der Waals surface area contributed by atoms with Crippen LogP contribution in [-0.2, 0) is 21.2 Å². The minimum atomic E-state index is -4.13. The molecule has 0 bridgehead atoms. The van der Waals surface area contributed by atoms with Crippen LogP contribution >= 0.6 is 0 Å². The van der Waals surface area contributed by atoms with Crippen molar-refractivity contribution in [1.29, 1.82) is 0 Å². The molecule has 172 valence electrons. The van der Waals surface area contributed by atoms with Gasteiger partial charge in [-0.3, -0.25) is 9.52 Å². The maximum absolute atomic E-state index is 13.3. The lowest BCUT2D eigenvalue weighted by Crippen LogP contribution is -2.25. The Morgan fingerprint density at radius 3 is 2.12 bits per heavy atom. The van der Waals surface area contributed by atoms with Crippen molar-refractivity contribution in [1.82, 2.24) is 5.32 Å². The van der Waals surface area contributed by atoms with Crippen molar-refractivity contribution in [2.45, 2.75) is 11.3 Å². The maximum atomic E-state index is 13.3. The molecule has 33 heavy (non-hydrogen) atoms. The zero-order chi connectivity index (χ0) is 24.0. The Morgan fingerprint density at radius 1 is 0.879 bits per heavy atom. The number of amides is 1. The first-order valence-corrected chi connectivity index (χ1v) is 11.2. The first kappa shape index (κ1) is 23.9. The van der Waals surface area contributed by atoms with Crippen LogP contribution in [0.1, 0.15) is 26.3 Å². The summed E-state index contributed by atoms with van der Waals surface area (Å²) in [6.45, 7) is 0.348. The Kier molecular flexibility index (Phi) is 7.39. The molecule has 0 spiro atoms. The number of esters is 1. The van der Waals surface area contributed by atoms with E-state index in [1.165, 1.54) is 31.4 Å². The van der Waals surface area contributed by atoms with Crippen LogP contribution in [0.5, 0.6) is 0 Å². The fraction of sp³-hybridized carbons (Fsp3) is 0.130. The van der Waals surface area contributed by atoms with Crippen LogP contribution in [-0.4, -0.2) is 33.9 Å². The molecule has 2 N–H and O–H groups in total. The van der Waals surface area contributed by atoms with E-state index in [1.54, 1.807) is 24.3 Å². The minimum Gasteiger partial charge on any atom is -0.465 e. The van der Waals surface area contributed by atoms with Gasteiger partial charge in [0.05, 0.1) is 17.6 Å². The molecular weight excluding hydrogens is 454 g/mol. The Balaban J connectivity index is 1.55. The van der Waals surface area contributed by atoms with Crippen LogP contribution in [0.3, 0.4) is 0 Å². The summed E-state index contributed by atoms with van der Waals surface area (Å²) >= 11 is 0. The summed E-state index contributed by atoms with van der Waals surface area (Å²) in [5, 5.41) is 2.75. The molecular formula is C23H20F2N2O5S. The number of anilines is 1. The Bertz CT molecular complexity index is 1260. The monoisotopic (exact) mass is 474 g/mol. The van der Waals surface area contributed by atoms with E-state index in [-0.39, 0.29) is 11.6 Å². The van der Waals surface area contributed by atoms with Crippen molar-refractivity contribution in [3.63, 3.8) is 0 Å². The number of hydrogen-bond acceptors (Lipinski definition) is 5. The summed E-state index contributed by atoms with van der Waals surface area (Å²) in [7, 11) is -2.82. The van der Waals surface area contributed by atoms with Crippen LogP contribution < -0.4 is 10.0 Å². The number of methoxy groups -OCH3 is 1. The standard InChI is InChI=1S/C23H20F2N2O5S/c1-32-23(29)17-4-2-15(3-5-17)12-13-26-22(28)16-6-8-18(9-7-16)27-33(30,31)19-10-11-20(24)21(25)14-19/h2-11,14,27H,12-13H2,1H3,(H,26,28). The Hall–Kier alpha value is -3.79. The Morgan fingerprint density at radius 2 is 1.52 bits per heavy atom. The number of sulfonamides is 1. The number of halogens is 2. The number of nitrogens with one attached hydrogen (secondary N) is 2. The zero-order valence-electron chi connectivity index (χ0n) is 17.5. The second-order valence-electron chi connectivity index (χ2n) is 6.95. The number of ether oxygens (including phenoxy) is 1. The molecule has 7 nitrogen and oxygen atoms in total. The van der Waals surface area contributed by atoms with Crippen LogP contribution in [0.25, 0.3) is 0 Å². The van der Waals surface area contributed by atoms with Gasteiger partial charge < -0.3 is 10.1 Å². The van der Waals surface area contributed by atoms with E-state index in [0.717, 1.165) is 17.7 Å². The second-order valence-corrected chi connectivity index (χ2v) is 8.64. The first-order chi connectivity index (χ1) is 15.7. The van der Waals surface area contributed by atoms with Gasteiger partial charge in [0.15, 0.2) is 11.6 Å². The third-order valence-corrected chi connectivity index (χ3v) is 6.05. The SMILES string of the molecule is COC(=O)c1ccc(CCNC(=O)c2ccc(NS(=O)(=O)c3ccc(F)c(F)c3)cc2)cc1. The molecule has 0 aliphatic heterocycles. The molecule has 1 amide bonds. The third kappa shape index (κ3) is 6.13. The number of rotatable bonds is 8. The average Bonchev–Trinajstić information content (AvgIpc) is 2.81. The predicted molar refractivity (Wildman–Crippen MR) is 117 cm³/mol. The van der Waals surface area contributed by atoms with E-state index >= 15 is 0 Å². The molecule has 0 aliphatic carbocycles. The van der Waals surface area contributed by atoms with Crippen molar-refractivity contribution in [3.05, 3.63) is 95.1 Å². The van der Waals surface area contributed by atoms with Gasteiger partial charge in [-0.2, -0.15) is 0 Å². The van der Waals surface area contributed by atoms with E-state index in [9.17, 15) is 26.8 Å². The van der Waals surface area contributed by atoms with Crippen molar-refractivity contribution in [3.8, 4) is 0 Å². The fourth-order valence-electron chi connectivity index (χ4n) is 2.90. The predicted octanol–water partition coefficient (Wildman–Crippen LogP) is 3.52. The van der Waals surface area contributed by atoms with Crippen molar-refractivity contribution in [2.24, 2.45) is 0 Å². The third-order valence-electron chi connectivity index (χ3n) is 4.67. The molecule has 0 aliphatic rings. The lowest BCUT2D eigenvalue weighted by atomic mass is 10.1. The summed E-state index contributed by atoms with van der Waals surface area (Å²) in [6.07, 6.45) is 0.541. The minimum absolute atomic E-state index is 0.155. The lowest BCUT2D eigenvalue weighted by Gasteiger charge is -2.10. The van der Waals surface area contributed by atoms with Crippen molar-refractivity contribution in [2.75, 3.05) is 18.4 Å². The molecule has 0 fully saturated rings. The highest BCUT2D eigenvalue weighted by Crippen LogP contribution is 2.19. The van der Waals surface area contributed by atoms with E-state index < -0.39 is 32.5 Å². The zero-order valence-corrected chi connectivity index (χ0v) is 18.3. The fourth-order valence-corrected chi connectivity index (χ4v) is 3.97. The van der Waals surface area contributed by atoms with Crippen LogP contribution in [0.4, 0.5) is 14.5 Å². The van der Waals surface area contributed by atoms with E-state index in [1.807, 2.05) is 0 Å². The van der Waals surface area contributed by atoms with Gasteiger partial charge in [0, 0.05) is 17.8 Å². The average molecular weight is 474 g/mol. The van der Waals surface area contributed by atoms with E-state index in [2.05, 4.69) is 14.8 Å². The highest BCUT2D eigenvalue weighted by Gasteiger charge is 2.17. The highest BCUT2D eigenvalue weighted by molar-refractivity contribution is 7.92. The quantitative estimate of drug-likeness (QED) is 0.487. The van der Waals surface area contributed by atoms with Gasteiger partial charge >= 0.3 is 5.97 Å². The molecule has 3 aromatic carbocycles. The molecule has 10 heteroatoms.